The van der Waals surface area contributed by atoms with Crippen molar-refractivity contribution in [3.05, 3.63) is 50.7 Å². The Morgan fingerprint density at radius 1 is 1.37 bits per heavy atom. The summed E-state index contributed by atoms with van der Waals surface area (Å²) in [5.41, 5.74) is 1.13. The number of fused-ring (bicyclic) bond motifs is 2. The van der Waals surface area contributed by atoms with E-state index in [9.17, 15) is 14.4 Å². The van der Waals surface area contributed by atoms with E-state index in [4.69, 9.17) is 11.6 Å². The summed E-state index contributed by atoms with van der Waals surface area (Å²) in [6.45, 7) is 1.46. The maximum absolute atomic E-state index is 13.1. The lowest BCUT2D eigenvalue weighted by molar-refractivity contribution is -0.134. The van der Waals surface area contributed by atoms with Crippen LogP contribution in [0.3, 0.4) is 0 Å². The molecule has 140 valence electrons. The second-order valence-electron chi connectivity index (χ2n) is 6.80. The SMILES string of the molecule is Cc1c(Cl)cccc1NC(=O)CN1C(=O)NC2(CCCc3sccc32)C1=O. The van der Waals surface area contributed by atoms with Gasteiger partial charge in [0.1, 0.15) is 12.1 Å². The van der Waals surface area contributed by atoms with E-state index in [2.05, 4.69) is 10.6 Å². The number of nitrogens with zero attached hydrogens (tertiary/aromatic N) is 1. The van der Waals surface area contributed by atoms with E-state index in [-0.39, 0.29) is 12.5 Å². The fraction of sp³-hybridized carbons (Fsp3) is 0.316. The maximum Gasteiger partial charge on any atom is 0.325 e. The predicted octanol–water partition coefficient (Wildman–Crippen LogP) is 3.43. The number of hydrogen-bond donors (Lipinski definition) is 2. The molecule has 4 amide bonds. The third-order valence-electron chi connectivity index (χ3n) is 5.18. The lowest BCUT2D eigenvalue weighted by Gasteiger charge is -2.31. The van der Waals surface area contributed by atoms with Gasteiger partial charge in [0.25, 0.3) is 5.91 Å². The van der Waals surface area contributed by atoms with Gasteiger partial charge in [-0.05, 0) is 55.3 Å². The van der Waals surface area contributed by atoms with Crippen molar-refractivity contribution in [3.63, 3.8) is 0 Å². The van der Waals surface area contributed by atoms with Crippen LogP contribution in [0.2, 0.25) is 5.02 Å². The monoisotopic (exact) mass is 403 g/mol. The fourth-order valence-corrected chi connectivity index (χ4v) is 4.94. The third kappa shape index (κ3) is 2.91. The summed E-state index contributed by atoms with van der Waals surface area (Å²) in [7, 11) is 0. The molecular weight excluding hydrogens is 386 g/mol. The Kier molecular flexibility index (Phi) is 4.44. The molecule has 1 atom stereocenters. The van der Waals surface area contributed by atoms with E-state index in [1.165, 1.54) is 0 Å². The smallest absolute Gasteiger partial charge is 0.324 e. The standard InChI is InChI=1S/C19H18ClN3O3S/c1-11-13(20)4-2-5-14(11)21-16(24)10-23-17(25)19(22-18(23)26)8-3-6-15-12(19)7-9-27-15/h2,4-5,7,9H,3,6,8,10H2,1H3,(H,21,24)(H,22,26). The van der Waals surface area contributed by atoms with Gasteiger partial charge < -0.3 is 10.6 Å². The van der Waals surface area contributed by atoms with Gasteiger partial charge in [0.15, 0.2) is 0 Å². The molecule has 27 heavy (non-hydrogen) atoms. The molecule has 1 aliphatic heterocycles. The highest BCUT2D eigenvalue weighted by atomic mass is 35.5. The van der Waals surface area contributed by atoms with Crippen molar-refractivity contribution in [2.24, 2.45) is 0 Å². The average molecular weight is 404 g/mol. The Hall–Kier alpha value is -2.38. The number of halogens is 1. The number of urea groups is 1. The zero-order valence-electron chi connectivity index (χ0n) is 14.7. The zero-order valence-corrected chi connectivity index (χ0v) is 16.2. The summed E-state index contributed by atoms with van der Waals surface area (Å²) in [5, 5.41) is 8.05. The molecule has 1 saturated heterocycles. The summed E-state index contributed by atoms with van der Waals surface area (Å²) in [6, 6.07) is 6.56. The molecule has 1 unspecified atom stereocenters. The normalized spacial score (nSPS) is 21.3. The Labute approximate surface area is 165 Å². The first kappa shape index (κ1) is 18.0. The number of carbonyl (C=O) groups is 3. The molecule has 1 spiro atoms. The Bertz CT molecular complexity index is 957. The maximum atomic E-state index is 13.1. The highest BCUT2D eigenvalue weighted by molar-refractivity contribution is 7.10. The van der Waals surface area contributed by atoms with Crippen LogP contribution in [-0.4, -0.2) is 29.3 Å². The first-order valence-electron chi connectivity index (χ1n) is 8.68. The molecule has 6 nitrogen and oxygen atoms in total. The van der Waals surface area contributed by atoms with Gasteiger partial charge in [0.05, 0.1) is 0 Å². The van der Waals surface area contributed by atoms with Crippen molar-refractivity contribution in [2.75, 3.05) is 11.9 Å². The molecule has 0 radical (unpaired) electrons. The minimum absolute atomic E-state index is 0.335. The number of thiophene rings is 1. The largest absolute Gasteiger partial charge is 0.325 e. The van der Waals surface area contributed by atoms with Gasteiger partial charge in [0, 0.05) is 21.2 Å². The topological polar surface area (TPSA) is 78.5 Å². The van der Waals surface area contributed by atoms with E-state index in [0.29, 0.717) is 17.1 Å². The predicted molar refractivity (Wildman–Crippen MR) is 104 cm³/mol. The average Bonchev–Trinajstić information content (AvgIpc) is 3.20. The van der Waals surface area contributed by atoms with Gasteiger partial charge in [-0.15, -0.1) is 11.3 Å². The summed E-state index contributed by atoms with van der Waals surface area (Å²) >= 11 is 7.66. The van der Waals surface area contributed by atoms with Crippen molar-refractivity contribution in [1.29, 1.82) is 0 Å². The molecule has 2 N–H and O–H groups in total. The molecule has 1 aromatic heterocycles. The molecule has 1 aliphatic carbocycles. The van der Waals surface area contributed by atoms with Gasteiger partial charge >= 0.3 is 6.03 Å². The highest BCUT2D eigenvalue weighted by Crippen LogP contribution is 2.42. The van der Waals surface area contributed by atoms with Crippen molar-refractivity contribution in [1.82, 2.24) is 10.2 Å². The summed E-state index contributed by atoms with van der Waals surface area (Å²) in [5.74, 6) is -0.799. The molecule has 2 aliphatic rings. The lowest BCUT2D eigenvalue weighted by Crippen LogP contribution is -2.46. The summed E-state index contributed by atoms with van der Waals surface area (Å²) in [4.78, 5) is 40.2. The number of carbonyl (C=O) groups excluding carboxylic acids is 3. The van der Waals surface area contributed by atoms with Gasteiger partial charge in [-0.25, -0.2) is 4.79 Å². The minimum atomic E-state index is -1.03. The molecule has 2 aromatic rings. The molecule has 0 bridgehead atoms. The van der Waals surface area contributed by atoms with E-state index < -0.39 is 17.5 Å². The van der Waals surface area contributed by atoms with E-state index in [1.54, 1.807) is 36.5 Å². The van der Waals surface area contributed by atoms with E-state index in [0.717, 1.165) is 33.7 Å². The Morgan fingerprint density at radius 2 is 2.19 bits per heavy atom. The fourth-order valence-electron chi connectivity index (χ4n) is 3.76. The first-order valence-corrected chi connectivity index (χ1v) is 9.94. The van der Waals surface area contributed by atoms with Crippen molar-refractivity contribution >= 4 is 46.5 Å². The highest BCUT2D eigenvalue weighted by Gasteiger charge is 2.54. The zero-order chi connectivity index (χ0) is 19.2. The molecule has 1 fully saturated rings. The molecule has 0 saturated carbocycles. The van der Waals surface area contributed by atoms with E-state index >= 15 is 0 Å². The van der Waals surface area contributed by atoms with Crippen molar-refractivity contribution in [2.45, 2.75) is 31.7 Å². The van der Waals surface area contributed by atoms with Crippen molar-refractivity contribution in [3.8, 4) is 0 Å². The molecule has 2 heterocycles. The van der Waals surface area contributed by atoms with Crippen LogP contribution in [0.4, 0.5) is 10.5 Å². The second-order valence-corrected chi connectivity index (χ2v) is 8.21. The number of rotatable bonds is 3. The van der Waals surface area contributed by atoms with Gasteiger partial charge in [0.2, 0.25) is 5.91 Å². The number of hydrogen-bond acceptors (Lipinski definition) is 4. The van der Waals surface area contributed by atoms with Crippen LogP contribution in [0, 0.1) is 6.92 Å². The molecular formula is C19H18ClN3O3S. The third-order valence-corrected chi connectivity index (χ3v) is 6.57. The molecule has 8 heteroatoms. The number of benzene rings is 1. The number of nitrogens with one attached hydrogen (secondary N) is 2. The Morgan fingerprint density at radius 3 is 3.00 bits per heavy atom. The summed E-state index contributed by atoms with van der Waals surface area (Å²) < 4.78 is 0. The van der Waals surface area contributed by atoms with Crippen LogP contribution in [0.5, 0.6) is 0 Å². The second kappa shape index (κ2) is 6.65. The van der Waals surface area contributed by atoms with Gasteiger partial charge in [-0.2, -0.15) is 0 Å². The first-order chi connectivity index (χ1) is 12.9. The number of imide groups is 1. The number of amides is 4. The Balaban J connectivity index is 1.54. The molecule has 4 rings (SSSR count). The number of aryl methyl sites for hydroxylation is 1. The summed E-state index contributed by atoms with van der Waals surface area (Å²) in [6.07, 6.45) is 2.28. The van der Waals surface area contributed by atoms with Crippen LogP contribution >= 0.6 is 22.9 Å². The van der Waals surface area contributed by atoms with Crippen LogP contribution in [0.25, 0.3) is 0 Å². The number of anilines is 1. The minimum Gasteiger partial charge on any atom is -0.324 e. The van der Waals surface area contributed by atoms with Crippen molar-refractivity contribution < 1.29 is 14.4 Å². The molecule has 1 aromatic carbocycles. The van der Waals surface area contributed by atoms with Crippen LogP contribution in [0.1, 0.15) is 28.8 Å². The van der Waals surface area contributed by atoms with Crippen LogP contribution < -0.4 is 10.6 Å². The van der Waals surface area contributed by atoms with Crippen LogP contribution in [0.15, 0.2) is 29.6 Å². The lowest BCUT2D eigenvalue weighted by atomic mass is 9.80. The van der Waals surface area contributed by atoms with Crippen LogP contribution in [-0.2, 0) is 21.5 Å². The van der Waals surface area contributed by atoms with E-state index in [1.807, 2.05) is 11.4 Å². The van der Waals surface area contributed by atoms with Gasteiger partial charge in [-0.1, -0.05) is 17.7 Å². The quantitative estimate of drug-likeness (QED) is 0.770. The van der Waals surface area contributed by atoms with Gasteiger partial charge in [-0.3, -0.25) is 14.5 Å².